The molecule has 0 bridgehead atoms. The first-order chi connectivity index (χ1) is 6.23. The normalized spacial score (nSPS) is 33.2. The summed E-state index contributed by atoms with van der Waals surface area (Å²) in [6.07, 6.45) is 1.10. The van der Waals surface area contributed by atoms with Crippen LogP contribution in [0.2, 0.25) is 0 Å². The quantitative estimate of drug-likeness (QED) is 0.645. The number of hydrogen-bond donors (Lipinski definition) is 1. The topological polar surface area (TPSA) is 41.9 Å². The minimum atomic E-state index is -0.600. The highest BCUT2D eigenvalue weighted by Crippen LogP contribution is 2.26. The van der Waals surface area contributed by atoms with Crippen molar-refractivity contribution in [2.45, 2.75) is 18.1 Å². The smallest absolute Gasteiger partial charge is 0.113 e. The van der Waals surface area contributed by atoms with Crippen LogP contribution in [0.15, 0.2) is 0 Å². The van der Waals surface area contributed by atoms with Gasteiger partial charge in [0, 0.05) is 32.8 Å². The molecule has 0 saturated carbocycles. The highest BCUT2D eigenvalue weighted by atomic mass is 16.5. The molecule has 2 aliphatic rings. The third-order valence-corrected chi connectivity index (χ3v) is 2.83. The fourth-order valence-electron chi connectivity index (χ4n) is 2.14. The fourth-order valence-corrected chi connectivity index (χ4v) is 2.14. The second-order valence-corrected chi connectivity index (χ2v) is 4.08. The summed E-state index contributed by atoms with van der Waals surface area (Å²) < 4.78 is 10.2. The fraction of sp³-hybridized carbons (Fsp3) is 1.00. The molecular weight excluding hydrogens is 170 g/mol. The van der Waals surface area contributed by atoms with Crippen molar-refractivity contribution in [1.82, 2.24) is 4.90 Å². The molecule has 1 unspecified atom stereocenters. The summed E-state index contributed by atoms with van der Waals surface area (Å²) in [5, 5.41) is 9.83. The molecule has 0 radical (unpaired) electrons. The van der Waals surface area contributed by atoms with Crippen molar-refractivity contribution in [1.29, 1.82) is 0 Å². The average molecular weight is 187 g/mol. The lowest BCUT2D eigenvalue weighted by atomic mass is 9.93. The van der Waals surface area contributed by atoms with E-state index < -0.39 is 5.60 Å². The Labute approximate surface area is 78.4 Å². The number of nitrogens with zero attached hydrogens (tertiary/aromatic N) is 1. The van der Waals surface area contributed by atoms with Crippen molar-refractivity contribution in [2.24, 2.45) is 0 Å². The number of ether oxygens (including phenoxy) is 2. The predicted molar refractivity (Wildman–Crippen MR) is 47.6 cm³/mol. The van der Waals surface area contributed by atoms with Crippen LogP contribution in [0.1, 0.15) is 6.42 Å². The van der Waals surface area contributed by atoms with E-state index in [4.69, 9.17) is 9.47 Å². The van der Waals surface area contributed by atoms with Crippen LogP contribution in [0.5, 0.6) is 0 Å². The number of β-amino-alcohol motifs (C(OH)–C–C–N with tert-alkyl or cyclic N) is 1. The van der Waals surface area contributed by atoms with Gasteiger partial charge in [0.2, 0.25) is 0 Å². The van der Waals surface area contributed by atoms with Crippen LogP contribution in [0, 0.1) is 0 Å². The first kappa shape index (κ1) is 9.40. The Bertz CT molecular complexity index is 174. The Balaban J connectivity index is 1.76. The summed E-state index contributed by atoms with van der Waals surface area (Å²) in [4.78, 5) is 2.27. The van der Waals surface area contributed by atoms with Gasteiger partial charge in [-0.15, -0.1) is 0 Å². The Morgan fingerprint density at radius 2 is 2.38 bits per heavy atom. The van der Waals surface area contributed by atoms with Gasteiger partial charge in [0.05, 0.1) is 13.2 Å². The lowest BCUT2D eigenvalue weighted by molar-refractivity contribution is -0.145. The summed E-state index contributed by atoms with van der Waals surface area (Å²) in [6, 6.07) is 0.525. The standard InChI is InChI=1S/C9H17NO3/c1-12-7-9(11)5-10(6-9)8-2-3-13-4-8/h8,11H,2-7H2,1H3. The van der Waals surface area contributed by atoms with Crippen LogP contribution in [-0.4, -0.2) is 61.7 Å². The van der Waals surface area contributed by atoms with E-state index in [1.165, 1.54) is 0 Å². The van der Waals surface area contributed by atoms with E-state index in [9.17, 15) is 5.11 Å². The lowest BCUT2D eigenvalue weighted by Gasteiger charge is -2.48. The van der Waals surface area contributed by atoms with Gasteiger partial charge >= 0.3 is 0 Å². The molecule has 13 heavy (non-hydrogen) atoms. The number of methoxy groups -OCH3 is 1. The number of likely N-dealkylation sites (tertiary alicyclic amines) is 1. The van der Waals surface area contributed by atoms with E-state index in [2.05, 4.69) is 4.90 Å². The molecule has 0 spiro atoms. The molecule has 4 nitrogen and oxygen atoms in total. The van der Waals surface area contributed by atoms with Gasteiger partial charge < -0.3 is 14.6 Å². The molecule has 0 aromatic carbocycles. The van der Waals surface area contributed by atoms with E-state index in [0.29, 0.717) is 12.6 Å². The van der Waals surface area contributed by atoms with Crippen LogP contribution in [0.25, 0.3) is 0 Å². The molecule has 2 fully saturated rings. The van der Waals surface area contributed by atoms with Crippen molar-refractivity contribution < 1.29 is 14.6 Å². The number of aliphatic hydroxyl groups is 1. The molecular formula is C9H17NO3. The predicted octanol–water partition coefficient (Wildman–Crippen LogP) is -0.532. The maximum absolute atomic E-state index is 9.83. The minimum absolute atomic E-state index is 0.442. The molecule has 4 heteroatoms. The molecule has 76 valence electrons. The Kier molecular flexibility index (Phi) is 2.55. The van der Waals surface area contributed by atoms with Gasteiger partial charge in [-0.05, 0) is 6.42 Å². The van der Waals surface area contributed by atoms with Gasteiger partial charge in [-0.3, -0.25) is 4.90 Å². The van der Waals surface area contributed by atoms with Crippen LogP contribution < -0.4 is 0 Å². The average Bonchev–Trinajstić information content (AvgIpc) is 2.52. The molecule has 0 amide bonds. The van der Waals surface area contributed by atoms with Crippen LogP contribution in [0.4, 0.5) is 0 Å². The van der Waals surface area contributed by atoms with Crippen LogP contribution in [-0.2, 0) is 9.47 Å². The van der Waals surface area contributed by atoms with Crippen molar-refractivity contribution in [2.75, 3.05) is 40.0 Å². The summed E-state index contributed by atoms with van der Waals surface area (Å²) >= 11 is 0. The van der Waals surface area contributed by atoms with E-state index in [1.807, 2.05) is 0 Å². The molecule has 1 atom stereocenters. The zero-order chi connectivity index (χ0) is 9.31. The van der Waals surface area contributed by atoms with Crippen LogP contribution in [0.3, 0.4) is 0 Å². The van der Waals surface area contributed by atoms with Crippen molar-refractivity contribution in [3.05, 3.63) is 0 Å². The number of rotatable bonds is 3. The monoisotopic (exact) mass is 187 g/mol. The number of hydrogen-bond acceptors (Lipinski definition) is 4. The van der Waals surface area contributed by atoms with E-state index in [1.54, 1.807) is 7.11 Å². The van der Waals surface area contributed by atoms with E-state index in [-0.39, 0.29) is 0 Å². The van der Waals surface area contributed by atoms with Gasteiger partial charge in [0.1, 0.15) is 5.60 Å². The highest BCUT2D eigenvalue weighted by molar-refractivity contribution is 4.98. The minimum Gasteiger partial charge on any atom is -0.385 e. The Morgan fingerprint density at radius 3 is 2.92 bits per heavy atom. The molecule has 2 saturated heterocycles. The Hall–Kier alpha value is -0.160. The van der Waals surface area contributed by atoms with Gasteiger partial charge in [0.15, 0.2) is 0 Å². The maximum atomic E-state index is 9.83. The van der Waals surface area contributed by atoms with Gasteiger partial charge in [-0.1, -0.05) is 0 Å². The maximum Gasteiger partial charge on any atom is 0.113 e. The van der Waals surface area contributed by atoms with E-state index >= 15 is 0 Å². The van der Waals surface area contributed by atoms with Gasteiger partial charge in [-0.2, -0.15) is 0 Å². The molecule has 2 heterocycles. The van der Waals surface area contributed by atoms with E-state index in [0.717, 1.165) is 32.7 Å². The molecule has 0 aliphatic carbocycles. The zero-order valence-corrected chi connectivity index (χ0v) is 8.03. The summed E-state index contributed by atoms with van der Waals surface area (Å²) in [5.74, 6) is 0. The third kappa shape index (κ3) is 1.86. The summed E-state index contributed by atoms with van der Waals surface area (Å²) in [6.45, 7) is 3.59. The Morgan fingerprint density at radius 1 is 1.62 bits per heavy atom. The molecule has 0 aromatic heterocycles. The van der Waals surface area contributed by atoms with Crippen LogP contribution >= 0.6 is 0 Å². The molecule has 1 N–H and O–H groups in total. The molecule has 2 aliphatic heterocycles. The summed E-state index contributed by atoms with van der Waals surface area (Å²) in [7, 11) is 1.62. The lowest BCUT2D eigenvalue weighted by Crippen LogP contribution is -2.66. The second kappa shape index (κ2) is 3.53. The zero-order valence-electron chi connectivity index (χ0n) is 8.03. The van der Waals surface area contributed by atoms with Crippen molar-refractivity contribution >= 4 is 0 Å². The largest absolute Gasteiger partial charge is 0.385 e. The SMILES string of the molecule is COCC1(O)CN(C2CCOC2)C1. The van der Waals surface area contributed by atoms with Gasteiger partial charge in [-0.25, -0.2) is 0 Å². The summed E-state index contributed by atoms with van der Waals surface area (Å²) in [5.41, 5.74) is -0.600. The molecule has 0 aromatic rings. The third-order valence-electron chi connectivity index (χ3n) is 2.83. The van der Waals surface area contributed by atoms with Crippen molar-refractivity contribution in [3.8, 4) is 0 Å². The molecule has 2 rings (SSSR count). The van der Waals surface area contributed by atoms with Gasteiger partial charge in [0.25, 0.3) is 0 Å². The first-order valence-electron chi connectivity index (χ1n) is 4.77. The second-order valence-electron chi connectivity index (χ2n) is 4.08. The van der Waals surface area contributed by atoms with Crippen molar-refractivity contribution in [3.63, 3.8) is 0 Å². The first-order valence-corrected chi connectivity index (χ1v) is 4.77. The highest BCUT2D eigenvalue weighted by Gasteiger charge is 2.44.